The number of pyridine rings is 1. The lowest BCUT2D eigenvalue weighted by molar-refractivity contribution is 0.0946. The van der Waals surface area contributed by atoms with Crippen molar-refractivity contribution in [3.05, 3.63) is 83.6 Å². The Balaban J connectivity index is 1.65. The molecule has 0 atom stereocenters. The average molecular weight is 482 g/mol. The molecule has 0 fully saturated rings. The van der Waals surface area contributed by atoms with Gasteiger partial charge in [-0.05, 0) is 36.8 Å². The summed E-state index contributed by atoms with van der Waals surface area (Å²) in [4.78, 5) is 21.5. The Labute approximate surface area is 209 Å². The van der Waals surface area contributed by atoms with E-state index in [0.717, 1.165) is 32.9 Å². The third-order valence-electron chi connectivity index (χ3n) is 6.24. The minimum Gasteiger partial charge on any atom is -0.493 e. The lowest BCUT2D eigenvalue weighted by Crippen LogP contribution is -2.24. The zero-order valence-electron chi connectivity index (χ0n) is 20.6. The highest BCUT2D eigenvalue weighted by atomic mass is 16.5. The maximum Gasteiger partial charge on any atom is 0.270 e. The van der Waals surface area contributed by atoms with Gasteiger partial charge >= 0.3 is 0 Å². The molecule has 7 heteroatoms. The number of hydrogen-bond acceptors (Lipinski definition) is 5. The van der Waals surface area contributed by atoms with E-state index in [9.17, 15) is 4.79 Å². The van der Waals surface area contributed by atoms with Crippen molar-refractivity contribution in [3.63, 3.8) is 0 Å². The van der Waals surface area contributed by atoms with Gasteiger partial charge in [-0.1, -0.05) is 48.0 Å². The number of fused-ring (bicyclic) bond motifs is 3. The third-order valence-corrected chi connectivity index (χ3v) is 6.24. The fraction of sp³-hybridized carbons (Fsp3) is 0.172. The van der Waals surface area contributed by atoms with E-state index in [-0.39, 0.29) is 5.91 Å². The Hall–Kier alpha value is -4.52. The van der Waals surface area contributed by atoms with Gasteiger partial charge in [0.2, 0.25) is 5.75 Å². The smallest absolute Gasteiger partial charge is 0.270 e. The Morgan fingerprint density at radius 2 is 1.58 bits per heavy atom. The minimum atomic E-state index is -0.253. The van der Waals surface area contributed by atoms with E-state index in [1.165, 1.54) is 5.56 Å². The molecule has 0 saturated carbocycles. The molecule has 7 nitrogen and oxygen atoms in total. The first-order valence-electron chi connectivity index (χ1n) is 11.6. The van der Waals surface area contributed by atoms with Crippen LogP contribution in [0, 0.1) is 6.92 Å². The molecule has 0 aliphatic carbocycles. The molecule has 0 bridgehead atoms. The number of benzene rings is 3. The first-order valence-corrected chi connectivity index (χ1v) is 11.6. The average Bonchev–Trinajstić information content (AvgIpc) is 3.29. The SMILES string of the molecule is COc1cc(-c2nc(C(=O)NCc3ccc(C)cc3)cc3c2[nH]c2ccccc23)cc(OC)c1OC. The standard InChI is InChI=1S/C29H27N3O4/c1-17-9-11-18(12-10-17)16-30-29(33)23-15-21-20-7-5-6-8-22(20)31-27(21)26(32-23)19-13-24(34-2)28(36-4)25(14-19)35-3/h5-15,31H,16H2,1-4H3,(H,30,33). The molecule has 5 rings (SSSR count). The molecule has 2 heterocycles. The molecule has 0 radical (unpaired) electrons. The van der Waals surface area contributed by atoms with Gasteiger partial charge in [-0.25, -0.2) is 4.98 Å². The highest BCUT2D eigenvalue weighted by Gasteiger charge is 2.20. The Kier molecular flexibility index (Phi) is 6.21. The lowest BCUT2D eigenvalue weighted by Gasteiger charge is -2.15. The maximum absolute atomic E-state index is 13.3. The number of carbonyl (C=O) groups excluding carboxylic acids is 1. The molecular formula is C29H27N3O4. The van der Waals surface area contributed by atoms with E-state index in [4.69, 9.17) is 19.2 Å². The van der Waals surface area contributed by atoms with Crippen LogP contribution >= 0.6 is 0 Å². The molecule has 5 aromatic rings. The summed E-state index contributed by atoms with van der Waals surface area (Å²) in [6.07, 6.45) is 0. The van der Waals surface area contributed by atoms with Gasteiger partial charge in [0.15, 0.2) is 11.5 Å². The number of aryl methyl sites for hydroxylation is 1. The highest BCUT2D eigenvalue weighted by molar-refractivity contribution is 6.13. The van der Waals surface area contributed by atoms with Gasteiger partial charge in [-0.3, -0.25) is 4.79 Å². The molecule has 0 unspecified atom stereocenters. The summed E-state index contributed by atoms with van der Waals surface area (Å²) in [5.41, 5.74) is 5.64. The van der Waals surface area contributed by atoms with Crippen molar-refractivity contribution >= 4 is 27.7 Å². The van der Waals surface area contributed by atoms with Crippen molar-refractivity contribution in [2.75, 3.05) is 21.3 Å². The summed E-state index contributed by atoms with van der Waals surface area (Å²) in [6.45, 7) is 2.44. The third kappa shape index (κ3) is 4.20. The fourth-order valence-corrected chi connectivity index (χ4v) is 4.37. The summed E-state index contributed by atoms with van der Waals surface area (Å²) in [7, 11) is 4.71. The quantitative estimate of drug-likeness (QED) is 0.314. The van der Waals surface area contributed by atoms with Gasteiger partial charge in [0, 0.05) is 28.4 Å². The molecule has 0 saturated heterocycles. The second kappa shape index (κ2) is 9.62. The van der Waals surface area contributed by atoms with Crippen molar-refractivity contribution in [1.82, 2.24) is 15.3 Å². The number of ether oxygens (including phenoxy) is 3. The zero-order chi connectivity index (χ0) is 25.2. The monoisotopic (exact) mass is 481 g/mol. The molecule has 182 valence electrons. The van der Waals surface area contributed by atoms with Crippen LogP contribution in [0.5, 0.6) is 17.2 Å². The number of H-pyrrole nitrogens is 1. The van der Waals surface area contributed by atoms with Crippen molar-refractivity contribution in [2.24, 2.45) is 0 Å². The van der Waals surface area contributed by atoms with E-state index in [1.54, 1.807) is 21.3 Å². The molecule has 0 aliphatic heterocycles. The van der Waals surface area contributed by atoms with Gasteiger partial charge in [-0.15, -0.1) is 0 Å². The summed E-state index contributed by atoms with van der Waals surface area (Å²) >= 11 is 0. The van der Waals surface area contributed by atoms with Gasteiger partial charge in [-0.2, -0.15) is 0 Å². The Morgan fingerprint density at radius 3 is 2.25 bits per heavy atom. The number of nitrogens with zero attached hydrogens (tertiary/aromatic N) is 1. The van der Waals surface area contributed by atoms with Crippen LogP contribution in [0.3, 0.4) is 0 Å². The maximum atomic E-state index is 13.3. The Bertz CT molecular complexity index is 1550. The van der Waals surface area contributed by atoms with Crippen LogP contribution in [0.4, 0.5) is 0 Å². The number of amides is 1. The summed E-state index contributed by atoms with van der Waals surface area (Å²) in [6, 6.07) is 21.6. The van der Waals surface area contributed by atoms with Crippen LogP contribution < -0.4 is 19.5 Å². The van der Waals surface area contributed by atoms with E-state index in [2.05, 4.69) is 10.3 Å². The van der Waals surface area contributed by atoms with Crippen molar-refractivity contribution in [1.29, 1.82) is 0 Å². The molecule has 36 heavy (non-hydrogen) atoms. The fourth-order valence-electron chi connectivity index (χ4n) is 4.37. The van der Waals surface area contributed by atoms with Crippen LogP contribution in [0.15, 0.2) is 66.7 Å². The van der Waals surface area contributed by atoms with E-state index in [1.807, 2.05) is 73.7 Å². The van der Waals surface area contributed by atoms with Crippen LogP contribution in [0.1, 0.15) is 21.6 Å². The Morgan fingerprint density at radius 1 is 0.889 bits per heavy atom. The second-order valence-corrected chi connectivity index (χ2v) is 8.53. The normalized spacial score (nSPS) is 11.0. The van der Waals surface area contributed by atoms with Crippen molar-refractivity contribution in [3.8, 4) is 28.5 Å². The molecule has 2 N–H and O–H groups in total. The van der Waals surface area contributed by atoms with E-state index < -0.39 is 0 Å². The topological polar surface area (TPSA) is 85.5 Å². The molecule has 2 aromatic heterocycles. The minimum absolute atomic E-state index is 0.253. The van der Waals surface area contributed by atoms with Gasteiger partial charge in [0.25, 0.3) is 5.91 Å². The van der Waals surface area contributed by atoms with Gasteiger partial charge < -0.3 is 24.5 Å². The molecule has 1 amide bonds. The summed E-state index contributed by atoms with van der Waals surface area (Å²) < 4.78 is 16.6. The second-order valence-electron chi connectivity index (χ2n) is 8.53. The number of carbonyl (C=O) groups is 1. The van der Waals surface area contributed by atoms with E-state index >= 15 is 0 Å². The number of aromatic nitrogens is 2. The molecule has 3 aromatic carbocycles. The van der Waals surface area contributed by atoms with E-state index in [0.29, 0.717) is 35.2 Å². The summed E-state index contributed by atoms with van der Waals surface area (Å²) in [5, 5.41) is 4.92. The predicted molar refractivity (Wildman–Crippen MR) is 141 cm³/mol. The first-order chi connectivity index (χ1) is 17.5. The molecular weight excluding hydrogens is 454 g/mol. The first kappa shape index (κ1) is 23.2. The number of methoxy groups -OCH3 is 3. The number of para-hydroxylation sites is 1. The van der Waals surface area contributed by atoms with Gasteiger partial charge in [0.05, 0.1) is 32.5 Å². The highest BCUT2D eigenvalue weighted by Crippen LogP contribution is 2.42. The summed E-state index contributed by atoms with van der Waals surface area (Å²) in [5.74, 6) is 1.25. The van der Waals surface area contributed by atoms with Crippen LogP contribution in [0.25, 0.3) is 33.1 Å². The lowest BCUT2D eigenvalue weighted by atomic mass is 10.0. The number of rotatable bonds is 7. The van der Waals surface area contributed by atoms with Crippen LogP contribution in [0.2, 0.25) is 0 Å². The number of nitrogens with one attached hydrogen (secondary N) is 2. The predicted octanol–water partition coefficient (Wildman–Crippen LogP) is 5.65. The van der Waals surface area contributed by atoms with Gasteiger partial charge in [0.1, 0.15) is 5.69 Å². The van der Waals surface area contributed by atoms with Crippen molar-refractivity contribution in [2.45, 2.75) is 13.5 Å². The molecule has 0 aliphatic rings. The number of aromatic amines is 1. The van der Waals surface area contributed by atoms with Crippen LogP contribution in [-0.4, -0.2) is 37.2 Å². The number of hydrogen-bond donors (Lipinski definition) is 2. The van der Waals surface area contributed by atoms with Crippen molar-refractivity contribution < 1.29 is 19.0 Å². The zero-order valence-corrected chi connectivity index (χ0v) is 20.6. The molecule has 0 spiro atoms. The largest absolute Gasteiger partial charge is 0.493 e. The van der Waals surface area contributed by atoms with Crippen LogP contribution in [-0.2, 0) is 6.54 Å².